The molecule has 3 nitrogen and oxygen atoms in total. The Hall–Kier alpha value is -0.450. The number of hydrogen-bond donors (Lipinski definition) is 2. The highest BCUT2D eigenvalue weighted by Gasteiger charge is 1.99. The van der Waals surface area contributed by atoms with Crippen LogP contribution in [0, 0.1) is 0 Å². The number of aliphatic hydroxyl groups is 1. The van der Waals surface area contributed by atoms with Crippen molar-refractivity contribution in [3.05, 3.63) is 28.5 Å². The molecule has 0 bridgehead atoms. The van der Waals surface area contributed by atoms with Gasteiger partial charge in [-0.15, -0.1) is 0 Å². The van der Waals surface area contributed by atoms with Crippen LogP contribution in [0.4, 0.5) is 0 Å². The van der Waals surface area contributed by atoms with Crippen LogP contribution >= 0.6 is 15.9 Å². The highest BCUT2D eigenvalue weighted by Crippen LogP contribution is 2.05. The van der Waals surface area contributed by atoms with Crippen molar-refractivity contribution in [3.63, 3.8) is 0 Å². The average molecular weight is 245 g/mol. The Morgan fingerprint density at radius 1 is 1.62 bits per heavy atom. The van der Waals surface area contributed by atoms with Crippen LogP contribution in [-0.4, -0.2) is 22.7 Å². The third kappa shape index (κ3) is 3.85. The molecular formula is C9H13BrN2O. The van der Waals surface area contributed by atoms with Crippen molar-refractivity contribution in [1.82, 2.24) is 10.3 Å². The molecular weight excluding hydrogens is 232 g/mol. The van der Waals surface area contributed by atoms with E-state index in [1.807, 2.05) is 25.1 Å². The highest BCUT2D eigenvalue weighted by atomic mass is 79.9. The first kappa shape index (κ1) is 10.6. The van der Waals surface area contributed by atoms with Gasteiger partial charge in [0.2, 0.25) is 0 Å². The maximum absolute atomic E-state index is 8.78. The Morgan fingerprint density at radius 2 is 2.38 bits per heavy atom. The fraction of sp³-hybridized carbons (Fsp3) is 0.444. The molecule has 0 amide bonds. The summed E-state index contributed by atoms with van der Waals surface area (Å²) in [6.07, 6.45) is 0. The Labute approximate surface area is 86.3 Å². The van der Waals surface area contributed by atoms with Gasteiger partial charge < -0.3 is 10.4 Å². The van der Waals surface area contributed by atoms with Crippen molar-refractivity contribution in [2.75, 3.05) is 6.61 Å². The van der Waals surface area contributed by atoms with E-state index in [9.17, 15) is 0 Å². The Balaban J connectivity index is 2.45. The standard InChI is InChI=1S/C9H13BrN2O/c1-7(6-13)11-5-8-3-2-4-9(10)12-8/h2-4,7,11,13H,5-6H2,1H3. The Morgan fingerprint density at radius 3 is 3.00 bits per heavy atom. The van der Waals surface area contributed by atoms with Gasteiger partial charge in [0.25, 0.3) is 0 Å². The second-order valence-corrected chi connectivity index (χ2v) is 3.73. The topological polar surface area (TPSA) is 45.1 Å². The Kier molecular flexibility index (Phi) is 4.35. The van der Waals surface area contributed by atoms with Crippen LogP contribution in [0.15, 0.2) is 22.8 Å². The molecule has 1 atom stereocenters. The zero-order valence-corrected chi connectivity index (χ0v) is 9.08. The van der Waals surface area contributed by atoms with Gasteiger partial charge in [0.05, 0.1) is 12.3 Å². The van der Waals surface area contributed by atoms with E-state index in [4.69, 9.17) is 5.11 Å². The summed E-state index contributed by atoms with van der Waals surface area (Å²) in [4.78, 5) is 4.25. The molecule has 1 aromatic rings. The molecule has 1 unspecified atom stereocenters. The molecule has 13 heavy (non-hydrogen) atoms. The van der Waals surface area contributed by atoms with Gasteiger partial charge >= 0.3 is 0 Å². The van der Waals surface area contributed by atoms with Gasteiger partial charge in [0, 0.05) is 12.6 Å². The average Bonchev–Trinajstić information content (AvgIpc) is 2.14. The molecule has 4 heteroatoms. The summed E-state index contributed by atoms with van der Waals surface area (Å²) in [5.74, 6) is 0. The molecule has 72 valence electrons. The molecule has 0 saturated carbocycles. The van der Waals surface area contributed by atoms with Crippen molar-refractivity contribution in [3.8, 4) is 0 Å². The van der Waals surface area contributed by atoms with Crippen LogP contribution in [0.5, 0.6) is 0 Å². The summed E-state index contributed by atoms with van der Waals surface area (Å²) in [7, 11) is 0. The van der Waals surface area contributed by atoms with E-state index >= 15 is 0 Å². The molecule has 0 aliphatic heterocycles. The highest BCUT2D eigenvalue weighted by molar-refractivity contribution is 9.10. The molecule has 1 rings (SSSR count). The largest absolute Gasteiger partial charge is 0.395 e. The van der Waals surface area contributed by atoms with Crippen LogP contribution in [0.3, 0.4) is 0 Å². The van der Waals surface area contributed by atoms with Gasteiger partial charge in [-0.25, -0.2) is 4.98 Å². The minimum absolute atomic E-state index is 0.112. The normalized spacial score (nSPS) is 12.8. The first-order chi connectivity index (χ1) is 6.22. The fourth-order valence-electron chi connectivity index (χ4n) is 0.892. The number of nitrogens with zero attached hydrogens (tertiary/aromatic N) is 1. The number of aliphatic hydroxyl groups excluding tert-OH is 1. The van der Waals surface area contributed by atoms with Crippen LogP contribution in [-0.2, 0) is 6.54 Å². The summed E-state index contributed by atoms with van der Waals surface area (Å²) in [5, 5.41) is 11.9. The molecule has 1 aromatic heterocycles. The summed E-state index contributed by atoms with van der Waals surface area (Å²) < 4.78 is 0.837. The number of aromatic nitrogens is 1. The maximum atomic E-state index is 8.78. The number of halogens is 1. The number of rotatable bonds is 4. The third-order valence-corrected chi connectivity index (χ3v) is 2.12. The van der Waals surface area contributed by atoms with E-state index in [1.54, 1.807) is 0 Å². The minimum Gasteiger partial charge on any atom is -0.395 e. The molecule has 0 saturated heterocycles. The molecule has 1 heterocycles. The van der Waals surface area contributed by atoms with Crippen LogP contribution < -0.4 is 5.32 Å². The van der Waals surface area contributed by atoms with E-state index in [0.717, 1.165) is 10.3 Å². The number of pyridine rings is 1. The summed E-state index contributed by atoms with van der Waals surface area (Å²) in [5.41, 5.74) is 0.967. The molecule has 0 aliphatic rings. The van der Waals surface area contributed by atoms with E-state index in [1.165, 1.54) is 0 Å². The predicted molar refractivity (Wildman–Crippen MR) is 55.3 cm³/mol. The summed E-state index contributed by atoms with van der Waals surface area (Å²) in [6.45, 7) is 2.76. The molecule has 0 fully saturated rings. The zero-order valence-electron chi connectivity index (χ0n) is 7.50. The Bertz CT molecular complexity index is 268. The second-order valence-electron chi connectivity index (χ2n) is 2.92. The van der Waals surface area contributed by atoms with Gasteiger partial charge in [-0.05, 0) is 35.0 Å². The van der Waals surface area contributed by atoms with Gasteiger partial charge in [0.15, 0.2) is 0 Å². The van der Waals surface area contributed by atoms with E-state index in [0.29, 0.717) is 6.54 Å². The lowest BCUT2D eigenvalue weighted by atomic mass is 10.3. The summed E-state index contributed by atoms with van der Waals surface area (Å²) >= 11 is 3.30. The molecule has 0 radical (unpaired) electrons. The lowest BCUT2D eigenvalue weighted by Gasteiger charge is -2.09. The SMILES string of the molecule is CC(CO)NCc1cccc(Br)n1. The first-order valence-corrected chi connectivity index (χ1v) is 4.97. The van der Waals surface area contributed by atoms with Crippen LogP contribution in [0.25, 0.3) is 0 Å². The molecule has 0 aliphatic carbocycles. The van der Waals surface area contributed by atoms with Crippen LogP contribution in [0.2, 0.25) is 0 Å². The first-order valence-electron chi connectivity index (χ1n) is 4.18. The van der Waals surface area contributed by atoms with E-state index in [2.05, 4.69) is 26.2 Å². The van der Waals surface area contributed by atoms with Gasteiger partial charge in [-0.1, -0.05) is 6.07 Å². The van der Waals surface area contributed by atoms with Gasteiger partial charge in [0.1, 0.15) is 4.60 Å². The smallest absolute Gasteiger partial charge is 0.106 e. The lowest BCUT2D eigenvalue weighted by Crippen LogP contribution is -2.28. The van der Waals surface area contributed by atoms with Gasteiger partial charge in [-0.2, -0.15) is 0 Å². The number of hydrogen-bond acceptors (Lipinski definition) is 3. The minimum atomic E-state index is 0.112. The predicted octanol–water partition coefficient (Wildman–Crippen LogP) is 1.31. The van der Waals surface area contributed by atoms with E-state index < -0.39 is 0 Å². The van der Waals surface area contributed by atoms with Crippen molar-refractivity contribution in [1.29, 1.82) is 0 Å². The lowest BCUT2D eigenvalue weighted by molar-refractivity contribution is 0.250. The van der Waals surface area contributed by atoms with Crippen molar-refractivity contribution < 1.29 is 5.11 Å². The molecule has 0 aromatic carbocycles. The summed E-state index contributed by atoms with van der Waals surface area (Å²) in [6, 6.07) is 5.89. The van der Waals surface area contributed by atoms with Crippen molar-refractivity contribution in [2.45, 2.75) is 19.5 Å². The molecule has 2 N–H and O–H groups in total. The van der Waals surface area contributed by atoms with Crippen molar-refractivity contribution >= 4 is 15.9 Å². The molecule has 0 spiro atoms. The van der Waals surface area contributed by atoms with Gasteiger partial charge in [-0.3, -0.25) is 0 Å². The van der Waals surface area contributed by atoms with Crippen molar-refractivity contribution in [2.24, 2.45) is 0 Å². The monoisotopic (exact) mass is 244 g/mol. The third-order valence-electron chi connectivity index (χ3n) is 1.68. The van der Waals surface area contributed by atoms with Crippen LogP contribution in [0.1, 0.15) is 12.6 Å². The number of nitrogens with one attached hydrogen (secondary N) is 1. The zero-order chi connectivity index (χ0) is 9.68. The fourth-order valence-corrected chi connectivity index (χ4v) is 1.27. The van der Waals surface area contributed by atoms with E-state index in [-0.39, 0.29) is 12.6 Å². The quantitative estimate of drug-likeness (QED) is 0.786. The second kappa shape index (κ2) is 5.32. The maximum Gasteiger partial charge on any atom is 0.106 e.